The van der Waals surface area contributed by atoms with Gasteiger partial charge in [-0.05, 0) is 96.1 Å². The third kappa shape index (κ3) is 3.50. The van der Waals surface area contributed by atoms with E-state index in [1.807, 2.05) is 49.2 Å². The van der Waals surface area contributed by atoms with Crippen LogP contribution in [0.2, 0.25) is 0 Å². The summed E-state index contributed by atoms with van der Waals surface area (Å²) in [6.07, 6.45) is 9.53. The van der Waals surface area contributed by atoms with Crippen molar-refractivity contribution in [1.82, 2.24) is 23.8 Å². The number of ether oxygens (including phenoxy) is 1. The van der Waals surface area contributed by atoms with Crippen LogP contribution in [-0.2, 0) is 0 Å². The van der Waals surface area contributed by atoms with Crippen molar-refractivity contribution in [3.63, 3.8) is 0 Å². The summed E-state index contributed by atoms with van der Waals surface area (Å²) in [5.41, 5.74) is 9.93. The first-order valence-electron chi connectivity index (χ1n) is 14.3. The number of rotatable bonds is 3. The zero-order chi connectivity index (χ0) is 28.7. The van der Waals surface area contributed by atoms with Gasteiger partial charge in [0.05, 0.1) is 16.6 Å². The SMILES string of the molecule is Cc1cccc(C)c1-c1ccc2c3ccc(Oc4ccc5c(c4)c4nccn4c4cccnc54)cc3c3nccn3c2c1. The van der Waals surface area contributed by atoms with Crippen LogP contribution in [0.1, 0.15) is 11.1 Å². The van der Waals surface area contributed by atoms with Crippen molar-refractivity contribution in [3.05, 3.63) is 127 Å². The van der Waals surface area contributed by atoms with Gasteiger partial charge in [0.1, 0.15) is 22.8 Å². The maximum atomic E-state index is 6.48. The van der Waals surface area contributed by atoms with E-state index in [4.69, 9.17) is 9.72 Å². The van der Waals surface area contributed by atoms with Crippen LogP contribution in [-0.4, -0.2) is 23.8 Å². The van der Waals surface area contributed by atoms with E-state index in [9.17, 15) is 0 Å². The molecule has 5 heterocycles. The summed E-state index contributed by atoms with van der Waals surface area (Å²) >= 11 is 0. The van der Waals surface area contributed by atoms with Gasteiger partial charge >= 0.3 is 0 Å². The molecule has 43 heavy (non-hydrogen) atoms. The van der Waals surface area contributed by atoms with Crippen molar-refractivity contribution in [2.24, 2.45) is 0 Å². The van der Waals surface area contributed by atoms with Crippen molar-refractivity contribution < 1.29 is 4.74 Å². The fourth-order valence-corrected chi connectivity index (χ4v) is 6.70. The molecule has 4 aromatic carbocycles. The molecule has 0 bridgehead atoms. The van der Waals surface area contributed by atoms with E-state index in [2.05, 4.69) is 99.3 Å². The average molecular weight is 556 g/mol. The molecule has 0 aliphatic heterocycles. The average Bonchev–Trinajstić information content (AvgIpc) is 3.73. The summed E-state index contributed by atoms with van der Waals surface area (Å²) < 4.78 is 10.7. The molecule has 0 saturated heterocycles. The van der Waals surface area contributed by atoms with Crippen LogP contribution in [0.4, 0.5) is 0 Å². The molecule has 6 nitrogen and oxygen atoms in total. The fourth-order valence-electron chi connectivity index (χ4n) is 6.70. The van der Waals surface area contributed by atoms with Gasteiger partial charge in [-0.2, -0.15) is 0 Å². The first-order valence-corrected chi connectivity index (χ1v) is 14.3. The van der Waals surface area contributed by atoms with E-state index in [1.165, 1.54) is 27.6 Å². The predicted octanol–water partition coefficient (Wildman–Crippen LogP) is 9.07. The topological polar surface area (TPSA) is 56.7 Å². The van der Waals surface area contributed by atoms with Crippen LogP contribution < -0.4 is 4.74 Å². The van der Waals surface area contributed by atoms with Gasteiger partial charge in [0.2, 0.25) is 0 Å². The monoisotopic (exact) mass is 555 g/mol. The zero-order valence-corrected chi connectivity index (χ0v) is 23.6. The number of hydrogen-bond donors (Lipinski definition) is 0. The Labute approximate surface area is 246 Å². The summed E-state index contributed by atoms with van der Waals surface area (Å²) in [5.74, 6) is 1.49. The molecule has 0 spiro atoms. The number of nitrogens with zero attached hydrogens (tertiary/aromatic N) is 5. The lowest BCUT2D eigenvalue weighted by atomic mass is 9.94. The minimum Gasteiger partial charge on any atom is -0.457 e. The number of hydrogen-bond acceptors (Lipinski definition) is 4. The highest BCUT2D eigenvalue weighted by molar-refractivity contribution is 6.13. The molecule has 0 atom stereocenters. The van der Waals surface area contributed by atoms with Crippen LogP contribution in [0, 0.1) is 13.8 Å². The normalized spacial score (nSPS) is 12.0. The molecule has 0 radical (unpaired) electrons. The van der Waals surface area contributed by atoms with E-state index in [0.717, 1.165) is 60.9 Å². The Bertz CT molecular complexity index is 2560. The Morgan fingerprint density at radius 3 is 1.93 bits per heavy atom. The van der Waals surface area contributed by atoms with Crippen molar-refractivity contribution in [2.45, 2.75) is 13.8 Å². The minimum atomic E-state index is 0.741. The summed E-state index contributed by atoms with van der Waals surface area (Å²) in [6, 6.07) is 29.6. The molecular formula is C37H25N5O. The van der Waals surface area contributed by atoms with Crippen molar-refractivity contribution >= 4 is 54.8 Å². The molecule has 0 saturated carbocycles. The van der Waals surface area contributed by atoms with Crippen LogP contribution >= 0.6 is 0 Å². The number of aromatic nitrogens is 5. The summed E-state index contributed by atoms with van der Waals surface area (Å²) in [4.78, 5) is 14.1. The van der Waals surface area contributed by atoms with E-state index >= 15 is 0 Å². The molecule has 0 fully saturated rings. The number of imidazole rings is 2. The van der Waals surface area contributed by atoms with Gasteiger partial charge in [0, 0.05) is 52.5 Å². The van der Waals surface area contributed by atoms with Crippen LogP contribution in [0.15, 0.2) is 116 Å². The molecule has 5 aromatic heterocycles. The molecule has 9 rings (SSSR count). The van der Waals surface area contributed by atoms with Gasteiger partial charge in [-0.3, -0.25) is 13.8 Å². The summed E-state index contributed by atoms with van der Waals surface area (Å²) in [5, 5.41) is 5.40. The quantitative estimate of drug-likeness (QED) is 0.204. The number of aryl methyl sites for hydroxylation is 2. The second-order valence-corrected chi connectivity index (χ2v) is 11.1. The molecule has 204 valence electrons. The standard InChI is InChI=1S/C37H25N5O/c1-22-5-3-6-23(2)34(22)24-8-11-28-27-12-9-25(20-30(27)36-39-16-18-42(36)33(28)19-24)43-26-10-13-29-31(21-26)37-40-15-17-41(37)32-7-4-14-38-35(29)32/h3-21H,1-2H3. The van der Waals surface area contributed by atoms with Crippen molar-refractivity contribution in [1.29, 1.82) is 0 Å². The zero-order valence-electron chi connectivity index (χ0n) is 23.6. The van der Waals surface area contributed by atoms with E-state index < -0.39 is 0 Å². The van der Waals surface area contributed by atoms with Crippen LogP contribution in [0.25, 0.3) is 65.9 Å². The molecule has 0 aliphatic rings. The Hall–Kier alpha value is -5.75. The van der Waals surface area contributed by atoms with E-state index in [-0.39, 0.29) is 0 Å². The third-order valence-corrected chi connectivity index (χ3v) is 8.60. The molecule has 0 amide bonds. The second-order valence-electron chi connectivity index (χ2n) is 11.1. The first-order chi connectivity index (χ1) is 21.1. The van der Waals surface area contributed by atoms with Gasteiger partial charge in [0.25, 0.3) is 0 Å². The van der Waals surface area contributed by atoms with Crippen LogP contribution in [0.5, 0.6) is 11.5 Å². The summed E-state index contributed by atoms with van der Waals surface area (Å²) in [7, 11) is 0. The highest BCUT2D eigenvalue weighted by Crippen LogP contribution is 2.37. The second kappa shape index (κ2) is 8.87. The molecule has 0 N–H and O–H groups in total. The maximum absolute atomic E-state index is 6.48. The van der Waals surface area contributed by atoms with Gasteiger partial charge in [-0.1, -0.05) is 30.3 Å². The molecule has 6 heteroatoms. The Morgan fingerprint density at radius 1 is 0.535 bits per heavy atom. The smallest absolute Gasteiger partial charge is 0.145 e. The van der Waals surface area contributed by atoms with E-state index in [0.29, 0.717) is 0 Å². The van der Waals surface area contributed by atoms with E-state index in [1.54, 1.807) is 0 Å². The van der Waals surface area contributed by atoms with Crippen molar-refractivity contribution in [2.75, 3.05) is 0 Å². The predicted molar refractivity (Wildman–Crippen MR) is 173 cm³/mol. The molecule has 0 unspecified atom stereocenters. The lowest BCUT2D eigenvalue weighted by Crippen LogP contribution is -1.94. The lowest BCUT2D eigenvalue weighted by molar-refractivity contribution is 0.484. The number of benzene rings is 4. The molecule has 9 aromatic rings. The third-order valence-electron chi connectivity index (χ3n) is 8.60. The summed E-state index contributed by atoms with van der Waals surface area (Å²) in [6.45, 7) is 4.35. The molecular weight excluding hydrogens is 530 g/mol. The van der Waals surface area contributed by atoms with Gasteiger partial charge in [0.15, 0.2) is 0 Å². The number of pyridine rings is 3. The Balaban J connectivity index is 1.18. The van der Waals surface area contributed by atoms with Crippen LogP contribution in [0.3, 0.4) is 0 Å². The fraction of sp³-hybridized carbons (Fsp3) is 0.0541. The Morgan fingerprint density at radius 2 is 1.19 bits per heavy atom. The first kappa shape index (κ1) is 23.9. The van der Waals surface area contributed by atoms with Crippen molar-refractivity contribution in [3.8, 4) is 22.6 Å². The lowest BCUT2D eigenvalue weighted by Gasteiger charge is -2.14. The Kier molecular flexibility index (Phi) is 4.93. The highest BCUT2D eigenvalue weighted by atomic mass is 16.5. The van der Waals surface area contributed by atoms with Gasteiger partial charge in [-0.25, -0.2) is 9.97 Å². The minimum absolute atomic E-state index is 0.741. The number of fused-ring (bicyclic) bond motifs is 12. The highest BCUT2D eigenvalue weighted by Gasteiger charge is 2.15. The van der Waals surface area contributed by atoms with Gasteiger partial charge in [-0.15, -0.1) is 0 Å². The largest absolute Gasteiger partial charge is 0.457 e. The molecule has 0 aliphatic carbocycles. The maximum Gasteiger partial charge on any atom is 0.145 e. The van der Waals surface area contributed by atoms with Gasteiger partial charge < -0.3 is 4.74 Å².